The molecule has 1 nitrogen and oxygen atoms in total. The van der Waals surface area contributed by atoms with Gasteiger partial charge in [0.05, 0.1) is 6.42 Å². The Balaban J connectivity index is 3.80. The predicted molar refractivity (Wildman–Crippen MR) is 30.7 cm³/mol. The Morgan fingerprint density at radius 1 is 1.60 bits per heavy atom. The van der Waals surface area contributed by atoms with Crippen molar-refractivity contribution in [2.24, 2.45) is 5.92 Å². The van der Waals surface area contributed by atoms with Gasteiger partial charge in [0.1, 0.15) is 0 Å². The quantitative estimate of drug-likeness (QED) is 0.588. The number of hydrogen-bond donors (Lipinski definition) is 0. The van der Waals surface area contributed by atoms with Crippen LogP contribution in [0.4, 0.5) is 13.2 Å². The molecule has 0 saturated carbocycles. The highest BCUT2D eigenvalue weighted by molar-refractivity contribution is 6.63. The van der Waals surface area contributed by atoms with Gasteiger partial charge in [-0.2, -0.15) is 13.2 Å². The Morgan fingerprint density at radius 2 is 2.00 bits per heavy atom. The Hall–Kier alpha value is -0.250. The zero-order chi connectivity index (χ0) is 8.36. The number of rotatable bonds is 2. The second-order valence-corrected chi connectivity index (χ2v) is 2.40. The molecule has 0 aromatic heterocycles. The molecule has 0 spiro atoms. The maximum Gasteiger partial charge on any atom is 0.389 e. The Labute approximate surface area is 61.2 Å². The van der Waals surface area contributed by atoms with Crippen LogP contribution in [0.3, 0.4) is 0 Å². The zero-order valence-corrected chi connectivity index (χ0v) is 5.96. The van der Waals surface area contributed by atoms with E-state index in [0.29, 0.717) is 0 Å². The van der Waals surface area contributed by atoms with E-state index in [4.69, 9.17) is 11.6 Å². The standard InChI is InChI=1S/C5H6ClF3O/c1-3(4(6)10)2-5(7,8)9/h3H,2H2,1H3/t3-/m0/s1. The molecule has 0 rings (SSSR count). The van der Waals surface area contributed by atoms with Crippen LogP contribution in [0.1, 0.15) is 13.3 Å². The van der Waals surface area contributed by atoms with Crippen LogP contribution in [-0.4, -0.2) is 11.4 Å². The first-order valence-corrected chi connectivity index (χ1v) is 2.97. The van der Waals surface area contributed by atoms with E-state index in [1.165, 1.54) is 0 Å². The lowest BCUT2D eigenvalue weighted by molar-refractivity contribution is -0.148. The molecule has 0 aromatic carbocycles. The van der Waals surface area contributed by atoms with Gasteiger partial charge in [-0.3, -0.25) is 4.79 Å². The SMILES string of the molecule is C[C@@H](CC(F)(F)F)C(=O)Cl. The number of carbonyl (C=O) groups is 1. The summed E-state index contributed by atoms with van der Waals surface area (Å²) in [5.74, 6) is -1.14. The third-order valence-corrected chi connectivity index (χ3v) is 1.30. The molecular weight excluding hydrogens is 169 g/mol. The molecule has 5 heteroatoms. The van der Waals surface area contributed by atoms with Crippen molar-refractivity contribution in [3.05, 3.63) is 0 Å². The number of alkyl halides is 3. The molecule has 0 aromatic rings. The number of halogens is 4. The van der Waals surface area contributed by atoms with E-state index >= 15 is 0 Å². The van der Waals surface area contributed by atoms with Gasteiger partial charge in [0, 0.05) is 5.92 Å². The van der Waals surface area contributed by atoms with E-state index in [9.17, 15) is 18.0 Å². The molecular formula is C5H6ClF3O. The van der Waals surface area contributed by atoms with Crippen molar-refractivity contribution in [1.29, 1.82) is 0 Å². The van der Waals surface area contributed by atoms with E-state index in [-0.39, 0.29) is 0 Å². The molecule has 0 unspecified atom stereocenters. The Bertz CT molecular complexity index is 131. The van der Waals surface area contributed by atoms with E-state index < -0.39 is 23.8 Å². The third kappa shape index (κ3) is 4.61. The summed E-state index contributed by atoms with van der Waals surface area (Å²) in [6.07, 6.45) is -5.45. The fourth-order valence-electron chi connectivity index (χ4n) is 0.427. The lowest BCUT2D eigenvalue weighted by Crippen LogP contribution is -2.16. The highest BCUT2D eigenvalue weighted by atomic mass is 35.5. The van der Waals surface area contributed by atoms with Crippen LogP contribution in [0.25, 0.3) is 0 Å². The first-order chi connectivity index (χ1) is 4.33. The van der Waals surface area contributed by atoms with Gasteiger partial charge in [0.25, 0.3) is 0 Å². The highest BCUT2D eigenvalue weighted by Crippen LogP contribution is 2.25. The van der Waals surface area contributed by atoms with Gasteiger partial charge in [0.15, 0.2) is 0 Å². The van der Waals surface area contributed by atoms with Gasteiger partial charge in [-0.15, -0.1) is 0 Å². The minimum atomic E-state index is -4.30. The van der Waals surface area contributed by atoms with Crippen molar-refractivity contribution in [3.63, 3.8) is 0 Å². The van der Waals surface area contributed by atoms with E-state index in [1.807, 2.05) is 0 Å². The molecule has 0 aliphatic carbocycles. The molecule has 0 radical (unpaired) electrons. The maximum atomic E-state index is 11.5. The topological polar surface area (TPSA) is 17.1 Å². The van der Waals surface area contributed by atoms with Crippen molar-refractivity contribution in [3.8, 4) is 0 Å². The summed E-state index contributed by atoms with van der Waals surface area (Å²) in [5, 5.41) is -0.947. The molecule has 0 bridgehead atoms. The zero-order valence-electron chi connectivity index (χ0n) is 5.20. The molecule has 0 N–H and O–H groups in total. The van der Waals surface area contributed by atoms with Crippen LogP contribution in [0.2, 0.25) is 0 Å². The summed E-state index contributed by atoms with van der Waals surface area (Å²) in [7, 11) is 0. The van der Waals surface area contributed by atoms with Crippen molar-refractivity contribution < 1.29 is 18.0 Å². The monoisotopic (exact) mass is 174 g/mol. The van der Waals surface area contributed by atoms with Crippen LogP contribution >= 0.6 is 11.6 Å². The van der Waals surface area contributed by atoms with Crippen molar-refractivity contribution >= 4 is 16.8 Å². The fourth-order valence-corrected chi connectivity index (χ4v) is 0.505. The van der Waals surface area contributed by atoms with Crippen LogP contribution in [0, 0.1) is 5.92 Å². The molecule has 60 valence electrons. The number of hydrogen-bond acceptors (Lipinski definition) is 1. The summed E-state index contributed by atoms with van der Waals surface area (Å²) in [6, 6.07) is 0. The highest BCUT2D eigenvalue weighted by Gasteiger charge is 2.32. The van der Waals surface area contributed by atoms with Crippen LogP contribution in [0.5, 0.6) is 0 Å². The molecule has 0 amide bonds. The van der Waals surface area contributed by atoms with Crippen LogP contribution in [-0.2, 0) is 4.79 Å². The molecule has 1 atom stereocenters. The predicted octanol–water partition coefficient (Wildman–Crippen LogP) is 2.34. The normalized spacial score (nSPS) is 14.9. The summed E-state index contributed by atoms with van der Waals surface area (Å²) in [4.78, 5) is 10.1. The Morgan fingerprint density at radius 3 is 2.10 bits per heavy atom. The number of carbonyl (C=O) groups excluding carboxylic acids is 1. The summed E-state index contributed by atoms with van der Waals surface area (Å²) in [5.41, 5.74) is 0. The van der Waals surface area contributed by atoms with E-state index in [2.05, 4.69) is 0 Å². The Kier molecular flexibility index (Phi) is 3.15. The van der Waals surface area contributed by atoms with Gasteiger partial charge < -0.3 is 0 Å². The van der Waals surface area contributed by atoms with Crippen molar-refractivity contribution in [1.82, 2.24) is 0 Å². The first-order valence-electron chi connectivity index (χ1n) is 2.59. The van der Waals surface area contributed by atoms with Crippen LogP contribution < -0.4 is 0 Å². The third-order valence-electron chi connectivity index (χ3n) is 0.925. The minimum Gasteiger partial charge on any atom is -0.281 e. The molecule has 0 aliphatic heterocycles. The molecule has 0 saturated heterocycles. The lowest BCUT2D eigenvalue weighted by atomic mass is 10.1. The summed E-state index contributed by atoms with van der Waals surface area (Å²) >= 11 is 4.80. The molecule has 10 heavy (non-hydrogen) atoms. The van der Waals surface area contributed by atoms with Gasteiger partial charge in [-0.1, -0.05) is 6.92 Å². The second-order valence-electron chi connectivity index (χ2n) is 2.02. The average Bonchev–Trinajstić information content (AvgIpc) is 1.60. The fraction of sp³-hybridized carbons (Fsp3) is 0.800. The van der Waals surface area contributed by atoms with Crippen molar-refractivity contribution in [2.45, 2.75) is 19.5 Å². The average molecular weight is 175 g/mol. The molecule has 0 heterocycles. The van der Waals surface area contributed by atoms with Crippen LogP contribution in [0.15, 0.2) is 0 Å². The summed E-state index contributed by atoms with van der Waals surface area (Å²) in [6.45, 7) is 1.14. The smallest absolute Gasteiger partial charge is 0.281 e. The van der Waals surface area contributed by atoms with Gasteiger partial charge in [-0.25, -0.2) is 0 Å². The largest absolute Gasteiger partial charge is 0.389 e. The van der Waals surface area contributed by atoms with E-state index in [1.54, 1.807) is 0 Å². The first kappa shape index (κ1) is 9.75. The molecule has 0 aliphatic rings. The van der Waals surface area contributed by atoms with Gasteiger partial charge >= 0.3 is 6.18 Å². The maximum absolute atomic E-state index is 11.5. The van der Waals surface area contributed by atoms with Gasteiger partial charge in [0.2, 0.25) is 5.24 Å². The summed E-state index contributed by atoms with van der Waals surface area (Å²) < 4.78 is 34.4. The van der Waals surface area contributed by atoms with Gasteiger partial charge in [-0.05, 0) is 11.6 Å². The molecule has 0 fully saturated rings. The van der Waals surface area contributed by atoms with Crippen molar-refractivity contribution in [2.75, 3.05) is 0 Å². The second kappa shape index (κ2) is 3.23. The van der Waals surface area contributed by atoms with E-state index in [0.717, 1.165) is 6.92 Å². The lowest BCUT2D eigenvalue weighted by Gasteiger charge is -2.08. The minimum absolute atomic E-state index is 0.947.